The lowest BCUT2D eigenvalue weighted by Crippen LogP contribution is -2.63. The van der Waals surface area contributed by atoms with Crippen LogP contribution in [0.5, 0.6) is 0 Å². The van der Waals surface area contributed by atoms with E-state index in [1.807, 2.05) is 31.4 Å². The first-order chi connectivity index (χ1) is 13.1. The molecule has 0 aliphatic carbocycles. The van der Waals surface area contributed by atoms with Gasteiger partial charge in [-0.3, -0.25) is 9.88 Å². The Hall–Kier alpha value is -2.73. The third-order valence-corrected chi connectivity index (χ3v) is 6.31. The number of esters is 2. The first-order valence-corrected chi connectivity index (χ1v) is 9.26. The van der Waals surface area contributed by atoms with Gasteiger partial charge in [0.05, 0.1) is 0 Å². The van der Waals surface area contributed by atoms with E-state index in [-0.39, 0.29) is 12.0 Å². The normalized spacial score (nSPS) is 34.3. The van der Waals surface area contributed by atoms with E-state index in [9.17, 15) is 9.59 Å². The van der Waals surface area contributed by atoms with Gasteiger partial charge in [-0.05, 0) is 36.9 Å². The van der Waals surface area contributed by atoms with Gasteiger partial charge in [-0.25, -0.2) is 9.59 Å². The maximum absolute atomic E-state index is 12.3. The fraction of sp³-hybridized carbons (Fsp3) is 0.381. The Morgan fingerprint density at radius 3 is 2.93 bits per heavy atom. The Labute approximate surface area is 156 Å². The Bertz CT molecular complexity index is 966. The summed E-state index contributed by atoms with van der Waals surface area (Å²) in [7, 11) is 1.96. The first-order valence-electron chi connectivity index (χ1n) is 9.26. The molecule has 0 saturated carbocycles. The molecule has 1 spiro atoms. The third kappa shape index (κ3) is 2.40. The van der Waals surface area contributed by atoms with Crippen molar-refractivity contribution in [3.05, 3.63) is 54.4 Å². The van der Waals surface area contributed by atoms with E-state index in [1.165, 1.54) is 0 Å². The molecule has 0 N–H and O–H groups in total. The SMILES string of the molecule is CN1C2CCC13OC(=O)/C=C/C(=O)OC3C(c1cccc3cnccc13)C2. The molecule has 3 aliphatic heterocycles. The van der Waals surface area contributed by atoms with Crippen molar-refractivity contribution in [2.75, 3.05) is 7.05 Å². The van der Waals surface area contributed by atoms with Crippen molar-refractivity contribution < 1.29 is 19.1 Å². The van der Waals surface area contributed by atoms with Gasteiger partial charge in [0.1, 0.15) is 0 Å². The molecule has 1 aromatic heterocycles. The second-order valence-electron chi connectivity index (χ2n) is 7.55. The number of carbonyl (C=O) groups is 2. The molecule has 2 saturated heterocycles. The van der Waals surface area contributed by atoms with Crippen molar-refractivity contribution in [1.82, 2.24) is 9.88 Å². The lowest BCUT2D eigenvalue weighted by atomic mass is 9.79. The van der Waals surface area contributed by atoms with Crippen molar-refractivity contribution in [3.8, 4) is 0 Å². The smallest absolute Gasteiger partial charge is 0.332 e. The fourth-order valence-corrected chi connectivity index (χ4v) is 5.03. The summed E-state index contributed by atoms with van der Waals surface area (Å²) < 4.78 is 11.8. The Morgan fingerprint density at radius 1 is 1.19 bits per heavy atom. The lowest BCUT2D eigenvalue weighted by Gasteiger charge is -2.50. The highest BCUT2D eigenvalue weighted by Crippen LogP contribution is 2.52. The highest BCUT2D eigenvalue weighted by molar-refractivity contribution is 5.92. The predicted octanol–water partition coefficient (Wildman–Crippen LogP) is 2.54. The minimum absolute atomic E-state index is 0.0527. The maximum Gasteiger partial charge on any atom is 0.332 e. The first kappa shape index (κ1) is 16.4. The van der Waals surface area contributed by atoms with Crippen molar-refractivity contribution in [3.63, 3.8) is 0 Å². The van der Waals surface area contributed by atoms with Crippen LogP contribution in [0.4, 0.5) is 0 Å². The van der Waals surface area contributed by atoms with E-state index in [0.29, 0.717) is 6.42 Å². The Balaban J connectivity index is 1.68. The molecule has 0 radical (unpaired) electrons. The molecule has 2 bridgehead atoms. The molecule has 4 heterocycles. The number of fused-ring (bicyclic) bond motifs is 2. The van der Waals surface area contributed by atoms with Gasteiger partial charge in [-0.1, -0.05) is 18.2 Å². The summed E-state index contributed by atoms with van der Waals surface area (Å²) in [5, 5.41) is 2.14. The van der Waals surface area contributed by atoms with Crippen LogP contribution in [0.1, 0.15) is 30.7 Å². The standard InChI is InChI=1S/C21H20N2O4/c1-23-14-7-9-21(23)20(26-18(24)5-6-19(25)27-21)17(11-14)16-4-2-3-13-12-22-10-8-15(13)16/h2-6,8,10,12,14,17,20H,7,9,11H2,1H3/b6-5+. The Kier molecular flexibility index (Phi) is 3.59. The summed E-state index contributed by atoms with van der Waals surface area (Å²) in [5.74, 6) is -1.04. The molecule has 6 nitrogen and oxygen atoms in total. The summed E-state index contributed by atoms with van der Waals surface area (Å²) in [6.45, 7) is 0. The number of aromatic nitrogens is 1. The zero-order valence-corrected chi connectivity index (χ0v) is 15.0. The molecule has 3 aliphatic rings. The lowest BCUT2D eigenvalue weighted by molar-refractivity contribution is -0.226. The maximum atomic E-state index is 12.3. The molecule has 4 unspecified atom stereocenters. The third-order valence-electron chi connectivity index (χ3n) is 6.31. The molecule has 27 heavy (non-hydrogen) atoms. The molecule has 4 atom stereocenters. The number of piperidine rings is 1. The summed E-state index contributed by atoms with van der Waals surface area (Å²) in [6.07, 6.45) is 7.78. The highest BCUT2D eigenvalue weighted by Gasteiger charge is 2.61. The van der Waals surface area contributed by atoms with Crippen LogP contribution in [0.3, 0.4) is 0 Å². The van der Waals surface area contributed by atoms with Gasteiger partial charge >= 0.3 is 11.9 Å². The predicted molar refractivity (Wildman–Crippen MR) is 97.7 cm³/mol. The van der Waals surface area contributed by atoms with Gasteiger partial charge in [0.2, 0.25) is 5.72 Å². The summed E-state index contributed by atoms with van der Waals surface area (Å²) in [6, 6.07) is 8.38. The molecular weight excluding hydrogens is 344 g/mol. The average Bonchev–Trinajstić information content (AvgIpc) is 2.88. The number of hydrogen-bond donors (Lipinski definition) is 0. The van der Waals surface area contributed by atoms with E-state index in [2.05, 4.69) is 16.0 Å². The number of pyridine rings is 1. The molecule has 2 aromatic rings. The molecule has 138 valence electrons. The molecule has 0 amide bonds. The van der Waals surface area contributed by atoms with E-state index >= 15 is 0 Å². The van der Waals surface area contributed by atoms with Gasteiger partial charge in [-0.2, -0.15) is 0 Å². The van der Waals surface area contributed by atoms with Crippen LogP contribution in [-0.4, -0.2) is 46.7 Å². The van der Waals surface area contributed by atoms with E-state index in [4.69, 9.17) is 9.47 Å². The number of benzene rings is 1. The zero-order chi connectivity index (χ0) is 18.6. The van der Waals surface area contributed by atoms with Crippen molar-refractivity contribution in [2.24, 2.45) is 0 Å². The summed E-state index contributed by atoms with van der Waals surface area (Å²) >= 11 is 0. The van der Waals surface area contributed by atoms with Crippen LogP contribution in [0.2, 0.25) is 0 Å². The van der Waals surface area contributed by atoms with E-state index in [0.717, 1.165) is 41.3 Å². The largest absolute Gasteiger partial charge is 0.453 e. The summed E-state index contributed by atoms with van der Waals surface area (Å²) in [4.78, 5) is 30.9. The Morgan fingerprint density at radius 2 is 2.04 bits per heavy atom. The number of rotatable bonds is 1. The summed E-state index contributed by atoms with van der Waals surface area (Å²) in [5.41, 5.74) is 0.193. The van der Waals surface area contributed by atoms with Crippen LogP contribution in [-0.2, 0) is 19.1 Å². The number of ether oxygens (including phenoxy) is 2. The van der Waals surface area contributed by atoms with Gasteiger partial charge in [0.25, 0.3) is 0 Å². The molecule has 2 fully saturated rings. The number of carbonyl (C=O) groups excluding carboxylic acids is 2. The molecule has 6 heteroatoms. The quantitative estimate of drug-likeness (QED) is 0.725. The van der Waals surface area contributed by atoms with Crippen molar-refractivity contribution in [2.45, 2.75) is 43.1 Å². The van der Waals surface area contributed by atoms with Crippen LogP contribution < -0.4 is 0 Å². The van der Waals surface area contributed by atoms with E-state index in [1.54, 1.807) is 6.20 Å². The second-order valence-corrected chi connectivity index (χ2v) is 7.55. The van der Waals surface area contributed by atoms with Crippen LogP contribution in [0.25, 0.3) is 10.8 Å². The van der Waals surface area contributed by atoms with Gasteiger partial charge < -0.3 is 9.47 Å². The van der Waals surface area contributed by atoms with Gasteiger partial charge in [0, 0.05) is 48.3 Å². The highest BCUT2D eigenvalue weighted by atomic mass is 16.6. The topological polar surface area (TPSA) is 68.7 Å². The minimum Gasteiger partial charge on any atom is -0.453 e. The molecular formula is C21H20N2O4. The number of likely N-dealkylation sites (N-methyl/N-ethyl adjacent to an activating group) is 1. The van der Waals surface area contributed by atoms with Gasteiger partial charge in [-0.15, -0.1) is 0 Å². The number of nitrogens with zero attached hydrogens (tertiary/aromatic N) is 2. The average molecular weight is 364 g/mol. The van der Waals surface area contributed by atoms with Crippen molar-refractivity contribution >= 4 is 22.7 Å². The monoisotopic (exact) mass is 364 g/mol. The van der Waals surface area contributed by atoms with Crippen LogP contribution in [0.15, 0.2) is 48.8 Å². The van der Waals surface area contributed by atoms with Gasteiger partial charge in [0.15, 0.2) is 6.10 Å². The zero-order valence-electron chi connectivity index (χ0n) is 15.0. The fourth-order valence-electron chi connectivity index (χ4n) is 5.03. The van der Waals surface area contributed by atoms with Crippen LogP contribution in [0, 0.1) is 0 Å². The molecule has 5 rings (SSSR count). The van der Waals surface area contributed by atoms with E-state index < -0.39 is 23.8 Å². The number of hydrogen-bond acceptors (Lipinski definition) is 6. The molecule has 1 aromatic carbocycles. The van der Waals surface area contributed by atoms with Crippen molar-refractivity contribution in [1.29, 1.82) is 0 Å². The van der Waals surface area contributed by atoms with Crippen LogP contribution >= 0.6 is 0 Å². The second kappa shape index (κ2) is 5.89. The minimum atomic E-state index is -0.916.